The lowest BCUT2D eigenvalue weighted by Crippen LogP contribution is -2.66. The molecule has 8 heteroatoms. The molecule has 1 saturated carbocycles. The topological polar surface area (TPSA) is 77.7 Å². The summed E-state index contributed by atoms with van der Waals surface area (Å²) < 4.78 is 30.5. The van der Waals surface area contributed by atoms with E-state index in [1.165, 1.54) is 18.3 Å². The van der Waals surface area contributed by atoms with Crippen LogP contribution in [0.3, 0.4) is 0 Å². The lowest BCUT2D eigenvalue weighted by atomic mass is 9.81. The minimum atomic E-state index is -0.478. The van der Waals surface area contributed by atoms with E-state index in [0.29, 0.717) is 37.9 Å². The van der Waals surface area contributed by atoms with E-state index < -0.39 is 11.4 Å². The van der Waals surface area contributed by atoms with Crippen LogP contribution in [0.2, 0.25) is 0 Å². The third-order valence-corrected chi connectivity index (χ3v) is 5.68. The number of halogens is 1. The van der Waals surface area contributed by atoms with Crippen molar-refractivity contribution in [1.82, 2.24) is 15.0 Å². The largest absolute Gasteiger partial charge is 0.475 e. The Morgan fingerprint density at radius 3 is 3.00 bits per heavy atom. The van der Waals surface area contributed by atoms with Crippen molar-refractivity contribution in [2.75, 3.05) is 26.3 Å². The molecule has 27 heavy (non-hydrogen) atoms. The van der Waals surface area contributed by atoms with Crippen LogP contribution in [-0.2, 0) is 4.74 Å². The number of likely N-dealkylation sites (tertiary alicyclic amines) is 1. The molecule has 0 N–H and O–H groups in total. The molecule has 1 atom stereocenters. The van der Waals surface area contributed by atoms with Crippen LogP contribution in [0.15, 0.2) is 28.9 Å². The summed E-state index contributed by atoms with van der Waals surface area (Å²) >= 11 is 0. The zero-order valence-corrected chi connectivity index (χ0v) is 14.8. The van der Waals surface area contributed by atoms with E-state index in [9.17, 15) is 9.18 Å². The van der Waals surface area contributed by atoms with Gasteiger partial charge in [0.25, 0.3) is 5.91 Å². The smallest absolute Gasteiger partial charge is 0.276 e. The number of rotatable bonds is 5. The highest BCUT2D eigenvalue weighted by Crippen LogP contribution is 2.42. The van der Waals surface area contributed by atoms with Gasteiger partial charge in [0, 0.05) is 30.7 Å². The van der Waals surface area contributed by atoms with Crippen LogP contribution in [0, 0.1) is 11.7 Å². The van der Waals surface area contributed by atoms with E-state index in [-0.39, 0.29) is 17.7 Å². The monoisotopic (exact) mass is 373 g/mol. The number of aromatic nitrogens is 2. The number of carbonyl (C=O) groups excluding carboxylic acids is 1. The Labute approximate surface area is 155 Å². The predicted octanol–water partition coefficient (Wildman–Crippen LogP) is 2.40. The van der Waals surface area contributed by atoms with Gasteiger partial charge in [-0.25, -0.2) is 9.37 Å². The Morgan fingerprint density at radius 1 is 1.37 bits per heavy atom. The number of nitrogens with zero attached hydrogens (tertiary/aromatic N) is 3. The van der Waals surface area contributed by atoms with Crippen molar-refractivity contribution in [1.29, 1.82) is 0 Å². The first kappa shape index (κ1) is 16.7. The average molecular weight is 373 g/mol. The van der Waals surface area contributed by atoms with Crippen molar-refractivity contribution in [2.24, 2.45) is 5.92 Å². The second-order valence-corrected chi connectivity index (χ2v) is 7.55. The molecule has 0 radical (unpaired) electrons. The molecule has 3 aliphatic rings. The van der Waals surface area contributed by atoms with Crippen LogP contribution in [-0.4, -0.2) is 52.9 Å². The fraction of sp³-hybridized carbons (Fsp3) is 0.526. The molecule has 1 amide bonds. The molecule has 2 aromatic rings. The van der Waals surface area contributed by atoms with Gasteiger partial charge in [-0.05, 0) is 31.4 Å². The Hall–Kier alpha value is -2.48. The van der Waals surface area contributed by atoms with E-state index in [0.717, 1.165) is 25.0 Å². The number of pyridine rings is 1. The third kappa shape index (κ3) is 2.97. The summed E-state index contributed by atoms with van der Waals surface area (Å²) in [6, 6.07) is 4.60. The van der Waals surface area contributed by atoms with Gasteiger partial charge in [-0.15, -0.1) is 0 Å². The van der Waals surface area contributed by atoms with Crippen molar-refractivity contribution in [3.63, 3.8) is 0 Å². The Morgan fingerprint density at radius 2 is 2.22 bits per heavy atom. The van der Waals surface area contributed by atoms with Crippen LogP contribution < -0.4 is 4.74 Å². The molecular weight excluding hydrogens is 353 g/mol. The highest BCUT2D eigenvalue weighted by molar-refractivity contribution is 5.93. The molecule has 1 spiro atoms. The van der Waals surface area contributed by atoms with Crippen molar-refractivity contribution in [3.8, 4) is 5.88 Å². The Balaban J connectivity index is 1.20. The van der Waals surface area contributed by atoms with Gasteiger partial charge in [-0.1, -0.05) is 5.16 Å². The SMILES string of the molecule is O=C(c1cc(C2CC2)on1)N1CC2(C1)OCC[C@@H]2COc1ncccc1F. The summed E-state index contributed by atoms with van der Waals surface area (Å²) in [6.45, 7) is 1.88. The van der Waals surface area contributed by atoms with Gasteiger partial charge < -0.3 is 18.9 Å². The van der Waals surface area contributed by atoms with Gasteiger partial charge in [-0.2, -0.15) is 0 Å². The predicted molar refractivity (Wildman–Crippen MR) is 90.9 cm³/mol. The summed E-state index contributed by atoms with van der Waals surface area (Å²) in [5, 5.41) is 3.92. The third-order valence-electron chi connectivity index (χ3n) is 5.68. The molecule has 0 bridgehead atoms. The van der Waals surface area contributed by atoms with Gasteiger partial charge in [0.15, 0.2) is 11.5 Å². The van der Waals surface area contributed by atoms with Crippen molar-refractivity contribution in [2.45, 2.75) is 30.8 Å². The molecule has 142 valence electrons. The summed E-state index contributed by atoms with van der Waals surface area (Å²) in [5.41, 5.74) is -0.0719. The number of ether oxygens (including phenoxy) is 2. The van der Waals surface area contributed by atoms with E-state index in [1.54, 1.807) is 11.0 Å². The molecule has 7 nitrogen and oxygen atoms in total. The van der Waals surface area contributed by atoms with Gasteiger partial charge >= 0.3 is 0 Å². The van der Waals surface area contributed by atoms with Gasteiger partial charge in [-0.3, -0.25) is 4.79 Å². The maximum atomic E-state index is 13.7. The van der Waals surface area contributed by atoms with Crippen molar-refractivity contribution in [3.05, 3.63) is 41.7 Å². The average Bonchev–Trinajstić information content (AvgIpc) is 3.22. The molecule has 4 heterocycles. The highest BCUT2D eigenvalue weighted by Gasteiger charge is 2.55. The lowest BCUT2D eigenvalue weighted by molar-refractivity contribution is -0.122. The molecular formula is C19H20FN3O4. The highest BCUT2D eigenvalue weighted by atomic mass is 19.1. The zero-order valence-electron chi connectivity index (χ0n) is 14.8. The van der Waals surface area contributed by atoms with Gasteiger partial charge in [0.05, 0.1) is 19.7 Å². The Kier molecular flexibility index (Phi) is 3.89. The van der Waals surface area contributed by atoms with Crippen molar-refractivity contribution >= 4 is 5.91 Å². The molecule has 3 fully saturated rings. The molecule has 2 aromatic heterocycles. The van der Waals surface area contributed by atoms with E-state index in [4.69, 9.17) is 14.0 Å². The summed E-state index contributed by atoms with van der Waals surface area (Å²) in [6.07, 6.45) is 4.51. The summed E-state index contributed by atoms with van der Waals surface area (Å²) in [7, 11) is 0. The number of hydrogen-bond donors (Lipinski definition) is 0. The van der Waals surface area contributed by atoms with Crippen molar-refractivity contribution < 1.29 is 23.2 Å². The second-order valence-electron chi connectivity index (χ2n) is 7.55. The molecule has 2 aliphatic heterocycles. The first-order valence-electron chi connectivity index (χ1n) is 9.28. The van der Waals surface area contributed by atoms with Gasteiger partial charge in [0.2, 0.25) is 5.88 Å². The second kappa shape index (κ2) is 6.30. The minimum Gasteiger partial charge on any atom is -0.475 e. The lowest BCUT2D eigenvalue weighted by Gasteiger charge is -2.49. The van der Waals surface area contributed by atoms with Crippen LogP contribution in [0.25, 0.3) is 0 Å². The minimum absolute atomic E-state index is 0.00186. The molecule has 0 aromatic carbocycles. The molecule has 0 unspecified atom stereocenters. The summed E-state index contributed by atoms with van der Waals surface area (Å²) in [5.74, 6) is 0.697. The summed E-state index contributed by atoms with van der Waals surface area (Å²) in [4.78, 5) is 18.2. The number of hydrogen-bond acceptors (Lipinski definition) is 6. The quantitative estimate of drug-likeness (QED) is 0.801. The first-order valence-corrected chi connectivity index (χ1v) is 9.28. The van der Waals surface area contributed by atoms with E-state index >= 15 is 0 Å². The van der Waals surface area contributed by atoms with Crippen LogP contribution in [0.1, 0.15) is 41.4 Å². The fourth-order valence-corrected chi connectivity index (χ4v) is 3.88. The van der Waals surface area contributed by atoms with E-state index in [2.05, 4.69) is 10.1 Å². The normalized spacial score (nSPS) is 23.4. The zero-order chi connectivity index (χ0) is 18.4. The number of carbonyl (C=O) groups is 1. The number of amides is 1. The van der Waals surface area contributed by atoms with E-state index in [1.807, 2.05) is 0 Å². The Bertz CT molecular complexity index is 860. The van der Waals surface area contributed by atoms with Gasteiger partial charge in [0.1, 0.15) is 11.4 Å². The fourth-order valence-electron chi connectivity index (χ4n) is 3.88. The first-order chi connectivity index (χ1) is 13.1. The van der Waals surface area contributed by atoms with Crippen LogP contribution in [0.5, 0.6) is 5.88 Å². The van der Waals surface area contributed by atoms with Crippen LogP contribution >= 0.6 is 0 Å². The maximum absolute atomic E-state index is 13.7. The molecule has 2 saturated heterocycles. The standard InChI is InChI=1S/C19H20FN3O4/c20-14-2-1-6-21-17(14)25-9-13-5-7-26-19(13)10-23(11-19)18(24)15-8-16(27-22-15)12-3-4-12/h1-2,6,8,12-13H,3-5,7,9-11H2/t13-/m1/s1. The maximum Gasteiger partial charge on any atom is 0.276 e. The van der Waals surface area contributed by atoms with Crippen LogP contribution in [0.4, 0.5) is 4.39 Å². The molecule has 5 rings (SSSR count). The molecule has 1 aliphatic carbocycles.